The number of non-ortho nitro benzene ring substituents is 1. The molecule has 140 valence electrons. The van der Waals surface area contributed by atoms with Crippen LogP contribution in [0.15, 0.2) is 47.2 Å². The first-order valence-electron chi connectivity index (χ1n) is 8.20. The minimum atomic E-state index is -1.01. The lowest BCUT2D eigenvalue weighted by atomic mass is 9.83. The normalized spacial score (nSPS) is 21.2. The van der Waals surface area contributed by atoms with Crippen molar-refractivity contribution in [1.29, 1.82) is 5.26 Å². The molecule has 1 unspecified atom stereocenters. The zero-order valence-corrected chi connectivity index (χ0v) is 14.8. The quantitative estimate of drug-likeness (QED) is 0.603. The standard InChI is InChI=1S/C17H18N6O4/c1-17(2)8-20-16-14(23(26)27)13(12(7-18)15(19)21(16)9-17)10-3-5-11(6-4-10)22(24)25/h3-6,13,20H,8-9,19H2,1-2H3. The van der Waals surface area contributed by atoms with E-state index in [1.165, 1.54) is 24.3 Å². The van der Waals surface area contributed by atoms with Gasteiger partial charge in [-0.15, -0.1) is 0 Å². The summed E-state index contributed by atoms with van der Waals surface area (Å²) in [6.45, 7) is 4.92. The fraction of sp³-hybridized carbons (Fsp3) is 0.353. The summed E-state index contributed by atoms with van der Waals surface area (Å²) in [5, 5.41) is 35.5. The van der Waals surface area contributed by atoms with E-state index >= 15 is 0 Å². The van der Waals surface area contributed by atoms with Crippen molar-refractivity contribution in [3.8, 4) is 6.07 Å². The number of hydrogen-bond donors (Lipinski definition) is 2. The maximum absolute atomic E-state index is 11.9. The fourth-order valence-corrected chi connectivity index (χ4v) is 3.41. The lowest BCUT2D eigenvalue weighted by Gasteiger charge is -2.44. The Labute approximate surface area is 154 Å². The van der Waals surface area contributed by atoms with Crippen LogP contribution in [0.25, 0.3) is 0 Å². The number of nitrogens with two attached hydrogens (primary N) is 1. The minimum absolute atomic E-state index is 0.0544. The average Bonchev–Trinajstić information content (AvgIpc) is 2.61. The lowest BCUT2D eigenvalue weighted by molar-refractivity contribution is -0.432. The third-order valence-electron chi connectivity index (χ3n) is 4.72. The summed E-state index contributed by atoms with van der Waals surface area (Å²) >= 11 is 0. The molecule has 10 heteroatoms. The van der Waals surface area contributed by atoms with E-state index in [1.54, 1.807) is 4.90 Å². The first kappa shape index (κ1) is 18.2. The van der Waals surface area contributed by atoms with Gasteiger partial charge in [0.25, 0.3) is 11.4 Å². The van der Waals surface area contributed by atoms with E-state index < -0.39 is 15.8 Å². The van der Waals surface area contributed by atoms with Gasteiger partial charge in [0.05, 0.1) is 21.5 Å². The smallest absolute Gasteiger partial charge is 0.299 e. The van der Waals surface area contributed by atoms with Crippen molar-refractivity contribution in [2.75, 3.05) is 13.1 Å². The second-order valence-corrected chi connectivity index (χ2v) is 7.29. The van der Waals surface area contributed by atoms with E-state index in [0.29, 0.717) is 18.7 Å². The van der Waals surface area contributed by atoms with Crippen LogP contribution >= 0.6 is 0 Å². The van der Waals surface area contributed by atoms with Crippen LogP contribution < -0.4 is 11.1 Å². The highest BCUT2D eigenvalue weighted by atomic mass is 16.6. The molecule has 27 heavy (non-hydrogen) atoms. The molecule has 0 aromatic heterocycles. The van der Waals surface area contributed by atoms with Crippen LogP contribution in [-0.4, -0.2) is 27.8 Å². The summed E-state index contributed by atoms with van der Waals surface area (Å²) in [6, 6.07) is 7.34. The molecule has 0 saturated carbocycles. The number of fused-ring (bicyclic) bond motifs is 1. The van der Waals surface area contributed by atoms with E-state index in [1.807, 2.05) is 19.9 Å². The van der Waals surface area contributed by atoms with E-state index in [9.17, 15) is 25.5 Å². The topological polar surface area (TPSA) is 151 Å². The number of nitrogens with zero attached hydrogens (tertiary/aromatic N) is 4. The maximum atomic E-state index is 11.9. The highest BCUT2D eigenvalue weighted by molar-refractivity contribution is 5.50. The molecule has 0 aliphatic carbocycles. The first-order chi connectivity index (χ1) is 12.7. The molecule has 0 bridgehead atoms. The predicted molar refractivity (Wildman–Crippen MR) is 95.2 cm³/mol. The van der Waals surface area contributed by atoms with Crippen LogP contribution in [0.2, 0.25) is 0 Å². The first-order valence-corrected chi connectivity index (χ1v) is 8.20. The molecular formula is C17H18N6O4. The Bertz CT molecular complexity index is 926. The average molecular weight is 370 g/mol. The van der Waals surface area contributed by atoms with Crippen LogP contribution in [0.3, 0.4) is 0 Å². The Morgan fingerprint density at radius 3 is 2.41 bits per heavy atom. The zero-order valence-electron chi connectivity index (χ0n) is 14.8. The number of rotatable bonds is 3. The van der Waals surface area contributed by atoms with Gasteiger partial charge in [0.15, 0.2) is 5.82 Å². The van der Waals surface area contributed by atoms with Crippen LogP contribution in [0, 0.1) is 37.0 Å². The largest absolute Gasteiger partial charge is 0.384 e. The maximum Gasteiger partial charge on any atom is 0.299 e. The van der Waals surface area contributed by atoms with E-state index in [4.69, 9.17) is 5.73 Å². The van der Waals surface area contributed by atoms with Crippen LogP contribution in [-0.2, 0) is 0 Å². The number of allylic oxidation sites excluding steroid dienone is 1. The third-order valence-corrected chi connectivity index (χ3v) is 4.72. The summed E-state index contributed by atoms with van der Waals surface area (Å²) < 4.78 is 0. The molecular weight excluding hydrogens is 352 g/mol. The SMILES string of the molecule is CC1(C)CNC2=C([N+](=O)[O-])C(c3ccc([N+](=O)[O-])cc3)C(C#N)=C(N)N2C1. The number of nitrogens with one attached hydrogen (secondary N) is 1. The summed E-state index contributed by atoms with van der Waals surface area (Å²) in [4.78, 5) is 23.3. The van der Waals surface area contributed by atoms with Crippen molar-refractivity contribution in [2.45, 2.75) is 19.8 Å². The highest BCUT2D eigenvalue weighted by Gasteiger charge is 2.46. The van der Waals surface area contributed by atoms with Gasteiger partial charge in [0.1, 0.15) is 11.7 Å². The molecule has 3 rings (SSSR count). The second-order valence-electron chi connectivity index (χ2n) is 7.29. The number of benzene rings is 1. The Morgan fingerprint density at radius 1 is 1.26 bits per heavy atom. The molecule has 1 saturated heterocycles. The molecule has 1 aromatic carbocycles. The molecule has 2 aliphatic heterocycles. The van der Waals surface area contributed by atoms with Crippen molar-refractivity contribution in [1.82, 2.24) is 10.2 Å². The molecule has 0 amide bonds. The van der Waals surface area contributed by atoms with Crippen molar-refractivity contribution in [3.63, 3.8) is 0 Å². The van der Waals surface area contributed by atoms with Crippen LogP contribution in [0.5, 0.6) is 0 Å². The molecule has 10 nitrogen and oxygen atoms in total. The number of hydrogen-bond acceptors (Lipinski definition) is 8. The molecule has 0 spiro atoms. The van der Waals surface area contributed by atoms with Gasteiger partial charge >= 0.3 is 0 Å². The van der Waals surface area contributed by atoms with E-state index in [-0.39, 0.29) is 34.0 Å². The van der Waals surface area contributed by atoms with Gasteiger partial charge in [-0.25, -0.2) is 0 Å². The Kier molecular flexibility index (Phi) is 4.23. The molecule has 2 heterocycles. The fourth-order valence-electron chi connectivity index (χ4n) is 3.41. The van der Waals surface area contributed by atoms with Crippen molar-refractivity contribution in [3.05, 3.63) is 73.0 Å². The van der Waals surface area contributed by atoms with Gasteiger partial charge < -0.3 is 16.0 Å². The van der Waals surface area contributed by atoms with Crippen LogP contribution in [0.1, 0.15) is 25.3 Å². The van der Waals surface area contributed by atoms with E-state index in [2.05, 4.69) is 5.32 Å². The predicted octanol–water partition coefficient (Wildman–Crippen LogP) is 1.76. The van der Waals surface area contributed by atoms with Gasteiger partial charge in [-0.3, -0.25) is 20.2 Å². The number of nitriles is 1. The summed E-state index contributed by atoms with van der Waals surface area (Å²) in [6.07, 6.45) is 0. The monoisotopic (exact) mass is 370 g/mol. The van der Waals surface area contributed by atoms with Gasteiger partial charge in [-0.1, -0.05) is 26.0 Å². The summed E-state index contributed by atoms with van der Waals surface area (Å²) in [5.41, 5.74) is 6.13. The third kappa shape index (κ3) is 3.03. The Hall–Kier alpha value is -3.61. The molecule has 1 atom stereocenters. The minimum Gasteiger partial charge on any atom is -0.384 e. The number of nitro groups is 2. The molecule has 2 aliphatic rings. The zero-order chi connectivity index (χ0) is 19.9. The van der Waals surface area contributed by atoms with Crippen molar-refractivity contribution >= 4 is 5.69 Å². The summed E-state index contributed by atoms with van der Waals surface area (Å²) in [7, 11) is 0. The van der Waals surface area contributed by atoms with Crippen molar-refractivity contribution < 1.29 is 9.85 Å². The van der Waals surface area contributed by atoms with Crippen molar-refractivity contribution in [2.24, 2.45) is 11.1 Å². The Morgan fingerprint density at radius 2 is 1.89 bits per heavy atom. The highest BCUT2D eigenvalue weighted by Crippen LogP contribution is 2.42. The molecule has 1 aromatic rings. The molecule has 0 radical (unpaired) electrons. The van der Waals surface area contributed by atoms with Gasteiger partial charge in [-0.05, 0) is 5.56 Å². The van der Waals surface area contributed by atoms with Gasteiger partial charge in [0.2, 0.25) is 0 Å². The molecule has 3 N–H and O–H groups in total. The van der Waals surface area contributed by atoms with E-state index in [0.717, 1.165) is 0 Å². The molecule has 1 fully saturated rings. The van der Waals surface area contributed by atoms with Gasteiger partial charge in [0, 0.05) is 30.6 Å². The number of nitro benzene ring substituents is 1. The Balaban J connectivity index is 2.18. The second kappa shape index (κ2) is 6.28. The lowest BCUT2D eigenvalue weighted by Crippen LogP contribution is -2.53. The van der Waals surface area contributed by atoms with Gasteiger partial charge in [-0.2, -0.15) is 5.26 Å². The van der Waals surface area contributed by atoms with Crippen LogP contribution in [0.4, 0.5) is 5.69 Å². The summed E-state index contributed by atoms with van der Waals surface area (Å²) in [5.74, 6) is -0.591.